The average molecular weight is 523 g/mol. The van der Waals surface area contributed by atoms with E-state index in [2.05, 4.69) is 20.6 Å². The molecule has 3 N–H and O–H groups in total. The number of carbonyl (C=O) groups excluding carboxylic acids is 3. The molecule has 0 radical (unpaired) electrons. The van der Waals surface area contributed by atoms with Crippen molar-refractivity contribution in [1.82, 2.24) is 20.6 Å². The van der Waals surface area contributed by atoms with Gasteiger partial charge in [0.25, 0.3) is 17.4 Å². The zero-order valence-electron chi connectivity index (χ0n) is 21.0. The molecule has 0 fully saturated rings. The van der Waals surface area contributed by atoms with Crippen LogP contribution in [0.15, 0.2) is 89.9 Å². The highest BCUT2D eigenvalue weighted by Crippen LogP contribution is 2.26. The van der Waals surface area contributed by atoms with Crippen LogP contribution in [0.4, 0.5) is 0 Å². The van der Waals surface area contributed by atoms with E-state index in [9.17, 15) is 19.2 Å². The molecule has 0 saturated heterocycles. The van der Waals surface area contributed by atoms with Crippen LogP contribution in [-0.2, 0) is 17.6 Å². The molecule has 39 heavy (non-hydrogen) atoms. The van der Waals surface area contributed by atoms with Crippen LogP contribution in [0.5, 0.6) is 5.75 Å². The first-order valence-electron chi connectivity index (χ1n) is 12.6. The van der Waals surface area contributed by atoms with Gasteiger partial charge < -0.3 is 20.4 Å². The molecule has 0 bridgehead atoms. The second-order valence-corrected chi connectivity index (χ2v) is 9.14. The summed E-state index contributed by atoms with van der Waals surface area (Å²) in [6, 6.07) is 23.7. The van der Waals surface area contributed by atoms with Crippen LogP contribution in [0.25, 0.3) is 0 Å². The number of carbonyl (C=O) groups is 3. The summed E-state index contributed by atoms with van der Waals surface area (Å²) in [5.74, 6) is -2.00. The lowest BCUT2D eigenvalue weighted by molar-refractivity contribution is -0.133. The first-order chi connectivity index (χ1) is 19.0. The van der Waals surface area contributed by atoms with Crippen LogP contribution in [0.1, 0.15) is 55.7 Å². The van der Waals surface area contributed by atoms with Gasteiger partial charge in [0.15, 0.2) is 5.82 Å². The number of aryl methyl sites for hydroxylation is 2. The molecule has 9 nitrogen and oxygen atoms in total. The van der Waals surface area contributed by atoms with Crippen LogP contribution in [0.2, 0.25) is 0 Å². The van der Waals surface area contributed by atoms with E-state index in [1.165, 1.54) is 5.56 Å². The molecule has 1 heterocycles. The molecule has 1 aliphatic rings. The number of aromatic nitrogens is 2. The number of amides is 2. The molecule has 196 valence electrons. The first kappa shape index (κ1) is 25.6. The highest BCUT2D eigenvalue weighted by atomic mass is 16.5. The lowest BCUT2D eigenvalue weighted by Crippen LogP contribution is -2.36. The molecule has 4 aromatic rings. The second-order valence-electron chi connectivity index (χ2n) is 9.14. The van der Waals surface area contributed by atoms with Crippen molar-refractivity contribution < 1.29 is 19.1 Å². The predicted molar refractivity (Wildman–Crippen MR) is 143 cm³/mol. The van der Waals surface area contributed by atoms with Crippen molar-refractivity contribution in [2.45, 2.75) is 25.3 Å². The number of ether oxygens (including phenoxy) is 1. The van der Waals surface area contributed by atoms with Crippen molar-refractivity contribution in [3.05, 3.63) is 129 Å². The highest BCUT2D eigenvalue weighted by Gasteiger charge is 2.21. The number of hydrogen-bond acceptors (Lipinski definition) is 6. The van der Waals surface area contributed by atoms with Crippen LogP contribution < -0.4 is 20.9 Å². The Bertz CT molecular complexity index is 1530. The van der Waals surface area contributed by atoms with Crippen molar-refractivity contribution in [1.29, 1.82) is 0 Å². The Labute approximate surface area is 224 Å². The van der Waals surface area contributed by atoms with Gasteiger partial charge >= 0.3 is 5.97 Å². The van der Waals surface area contributed by atoms with Gasteiger partial charge in [-0.05, 0) is 53.6 Å². The van der Waals surface area contributed by atoms with Crippen LogP contribution >= 0.6 is 0 Å². The molecule has 2 amide bonds. The van der Waals surface area contributed by atoms with Gasteiger partial charge in [0, 0.05) is 6.20 Å². The fraction of sp³-hybridized carbons (Fsp3) is 0.167. The number of hydrogen-bond donors (Lipinski definition) is 3. The lowest BCUT2D eigenvalue weighted by atomic mass is 9.98. The average Bonchev–Trinajstić information content (AvgIpc) is 3.43. The van der Waals surface area contributed by atoms with Gasteiger partial charge in [0.2, 0.25) is 0 Å². The van der Waals surface area contributed by atoms with E-state index in [4.69, 9.17) is 4.74 Å². The molecule has 9 heteroatoms. The number of benzene rings is 3. The summed E-state index contributed by atoms with van der Waals surface area (Å²) in [6.45, 7) is -0.419. The fourth-order valence-corrected chi connectivity index (χ4v) is 4.55. The van der Waals surface area contributed by atoms with E-state index >= 15 is 0 Å². The number of nitrogens with one attached hydrogen (secondary N) is 3. The minimum absolute atomic E-state index is 0.251. The quantitative estimate of drug-likeness (QED) is 0.241. The minimum Gasteiger partial charge on any atom is -0.425 e. The van der Waals surface area contributed by atoms with Gasteiger partial charge in [-0.25, -0.2) is 9.78 Å². The molecule has 3 aromatic carbocycles. The van der Waals surface area contributed by atoms with Gasteiger partial charge in [0.05, 0.1) is 6.04 Å². The van der Waals surface area contributed by atoms with Crippen molar-refractivity contribution in [2.75, 3.05) is 6.54 Å². The monoisotopic (exact) mass is 522 g/mol. The summed E-state index contributed by atoms with van der Waals surface area (Å²) in [5.41, 5.74) is 3.06. The Morgan fingerprint density at radius 1 is 0.872 bits per heavy atom. The third-order valence-electron chi connectivity index (χ3n) is 6.50. The maximum absolute atomic E-state index is 13.0. The number of rotatable bonds is 8. The van der Waals surface area contributed by atoms with Gasteiger partial charge in [-0.2, -0.15) is 0 Å². The number of esters is 1. The molecule has 0 unspecified atom stereocenters. The molecule has 0 saturated carbocycles. The second kappa shape index (κ2) is 11.6. The topological polar surface area (TPSA) is 130 Å². The van der Waals surface area contributed by atoms with Crippen LogP contribution in [-0.4, -0.2) is 34.3 Å². The summed E-state index contributed by atoms with van der Waals surface area (Å²) >= 11 is 0. The summed E-state index contributed by atoms with van der Waals surface area (Å²) < 4.78 is 5.31. The normalized spacial score (nSPS) is 12.0. The van der Waals surface area contributed by atoms with Crippen molar-refractivity contribution in [3.8, 4) is 5.75 Å². The fourth-order valence-electron chi connectivity index (χ4n) is 4.55. The summed E-state index contributed by atoms with van der Waals surface area (Å²) in [6.07, 6.45) is 4.09. The summed E-state index contributed by atoms with van der Waals surface area (Å²) in [7, 11) is 0. The van der Waals surface area contributed by atoms with Crippen LogP contribution in [0.3, 0.4) is 0 Å². The van der Waals surface area contributed by atoms with Gasteiger partial charge in [-0.3, -0.25) is 14.4 Å². The van der Waals surface area contributed by atoms with Crippen molar-refractivity contribution >= 4 is 17.8 Å². The Balaban J connectivity index is 1.22. The molecule has 5 rings (SSSR count). The SMILES string of the molecule is O=C(CNC(=O)c1ncc(C(=O)NC(c2ccccc2)c2ccccc2)c(=O)[nH]1)Oc1ccc2c(c1)CCC2. The Kier molecular flexibility index (Phi) is 7.58. The molecule has 0 aliphatic heterocycles. The maximum atomic E-state index is 13.0. The Morgan fingerprint density at radius 2 is 1.54 bits per heavy atom. The van der Waals surface area contributed by atoms with E-state index in [0.29, 0.717) is 5.75 Å². The largest absolute Gasteiger partial charge is 0.425 e. The molecule has 1 aromatic heterocycles. The number of aromatic amines is 1. The maximum Gasteiger partial charge on any atom is 0.330 e. The summed E-state index contributed by atoms with van der Waals surface area (Å²) in [4.78, 5) is 56.7. The van der Waals surface area contributed by atoms with E-state index < -0.39 is 35.9 Å². The predicted octanol–water partition coefficient (Wildman–Crippen LogP) is 3.11. The van der Waals surface area contributed by atoms with Gasteiger partial charge in [-0.15, -0.1) is 0 Å². The van der Waals surface area contributed by atoms with Gasteiger partial charge in [0.1, 0.15) is 17.9 Å². The smallest absolute Gasteiger partial charge is 0.330 e. The molecular formula is C30H26N4O5. The lowest BCUT2D eigenvalue weighted by Gasteiger charge is -2.19. The standard InChI is InChI=1S/C30H26N4O5/c35-25(39-23-15-14-19-12-7-13-22(19)16-23)18-32-30(38)27-31-17-24(29(37)34-27)28(36)33-26(20-8-3-1-4-9-20)21-10-5-2-6-11-21/h1-6,8-11,14-17,26H,7,12-13,18H2,(H,32,38)(H,33,36)(H,31,34,37). The molecular weight excluding hydrogens is 496 g/mol. The summed E-state index contributed by atoms with van der Waals surface area (Å²) in [5, 5.41) is 5.25. The first-order valence-corrected chi connectivity index (χ1v) is 12.6. The van der Waals surface area contributed by atoms with Crippen LogP contribution in [0, 0.1) is 0 Å². The minimum atomic E-state index is -0.784. The Hall–Kier alpha value is -5.05. The van der Waals surface area contributed by atoms with E-state index in [1.54, 1.807) is 6.07 Å². The zero-order chi connectivity index (χ0) is 27.2. The number of H-pyrrole nitrogens is 1. The van der Waals surface area contributed by atoms with E-state index in [-0.39, 0.29) is 11.4 Å². The number of fused-ring (bicyclic) bond motifs is 1. The zero-order valence-corrected chi connectivity index (χ0v) is 21.0. The molecule has 0 spiro atoms. The highest BCUT2D eigenvalue weighted by molar-refractivity contribution is 5.96. The van der Waals surface area contributed by atoms with Gasteiger partial charge in [-0.1, -0.05) is 66.7 Å². The number of nitrogens with zero attached hydrogens (tertiary/aromatic N) is 1. The van der Waals surface area contributed by atoms with Crippen molar-refractivity contribution in [2.24, 2.45) is 0 Å². The third kappa shape index (κ3) is 6.10. The van der Waals surface area contributed by atoms with Crippen molar-refractivity contribution in [3.63, 3.8) is 0 Å². The van der Waals surface area contributed by atoms with E-state index in [0.717, 1.165) is 42.1 Å². The molecule has 1 aliphatic carbocycles. The third-order valence-corrected chi connectivity index (χ3v) is 6.50. The Morgan fingerprint density at radius 3 is 2.21 bits per heavy atom. The molecule has 0 atom stereocenters. The van der Waals surface area contributed by atoms with E-state index in [1.807, 2.05) is 72.8 Å².